The van der Waals surface area contributed by atoms with Gasteiger partial charge in [0.25, 0.3) is 0 Å². The molecule has 0 radical (unpaired) electrons. The first kappa shape index (κ1) is 9.60. The Morgan fingerprint density at radius 3 is 2.62 bits per heavy atom. The molecule has 0 saturated carbocycles. The van der Waals surface area contributed by atoms with Gasteiger partial charge in [0.05, 0.1) is 4.88 Å². The van der Waals surface area contributed by atoms with Gasteiger partial charge in [0.15, 0.2) is 12.6 Å². The van der Waals surface area contributed by atoms with Gasteiger partial charge in [0.2, 0.25) is 5.91 Å². The molecular weight excluding hydrogens is 190 g/mol. The third kappa shape index (κ3) is 2.22. The Morgan fingerprint density at radius 2 is 2.15 bits per heavy atom. The zero-order valence-electron chi connectivity index (χ0n) is 6.87. The Morgan fingerprint density at radius 1 is 1.46 bits per heavy atom. The van der Waals surface area contributed by atoms with Crippen molar-refractivity contribution in [3.8, 4) is 0 Å². The predicted molar refractivity (Wildman–Crippen MR) is 49.4 cm³/mol. The summed E-state index contributed by atoms with van der Waals surface area (Å²) in [4.78, 5) is 31.9. The molecule has 0 aromatic carbocycles. The smallest absolute Gasteiger partial charge is 0.221 e. The summed E-state index contributed by atoms with van der Waals surface area (Å²) < 4.78 is 0. The molecule has 0 spiro atoms. The summed E-state index contributed by atoms with van der Waals surface area (Å²) in [5.41, 5.74) is 0.335. The van der Waals surface area contributed by atoms with E-state index in [0.29, 0.717) is 28.0 Å². The average molecular weight is 197 g/mol. The van der Waals surface area contributed by atoms with Crippen molar-refractivity contribution in [2.24, 2.45) is 0 Å². The van der Waals surface area contributed by atoms with Gasteiger partial charge in [-0.3, -0.25) is 14.4 Å². The Bertz CT molecular complexity index is 356. The van der Waals surface area contributed by atoms with Crippen LogP contribution in [0.2, 0.25) is 0 Å². The normalized spacial score (nSPS) is 9.31. The maximum absolute atomic E-state index is 10.7. The highest BCUT2D eigenvalue weighted by Crippen LogP contribution is 2.25. The van der Waals surface area contributed by atoms with Gasteiger partial charge in [-0.2, -0.15) is 0 Å². The minimum atomic E-state index is -0.262. The molecule has 0 unspecified atom stereocenters. The summed E-state index contributed by atoms with van der Waals surface area (Å²) in [6.45, 7) is 1.34. The van der Waals surface area contributed by atoms with Gasteiger partial charge in [-0.1, -0.05) is 0 Å². The fourth-order valence-electron chi connectivity index (χ4n) is 0.828. The Kier molecular flexibility index (Phi) is 2.92. The lowest BCUT2D eigenvalue weighted by Gasteiger charge is -1.96. The fourth-order valence-corrected chi connectivity index (χ4v) is 1.72. The summed E-state index contributed by atoms with van der Waals surface area (Å²) in [6.07, 6.45) is 1.25. The topological polar surface area (TPSA) is 63.2 Å². The zero-order valence-corrected chi connectivity index (χ0v) is 7.68. The Hall–Kier alpha value is -1.49. The van der Waals surface area contributed by atoms with Crippen LogP contribution in [-0.4, -0.2) is 18.5 Å². The minimum absolute atomic E-state index is 0.262. The molecule has 0 aliphatic rings. The molecule has 1 rings (SSSR count). The number of carbonyl (C=O) groups is 3. The standard InChI is InChI=1S/C8H7NO3S/c1-5(12)9-8-6(3-10)2-7(4-11)13-8/h2-4H,1H3,(H,9,12). The first-order valence-corrected chi connectivity index (χ1v) is 4.30. The number of amides is 1. The molecule has 0 atom stereocenters. The van der Waals surface area contributed by atoms with E-state index < -0.39 is 0 Å². The first-order valence-electron chi connectivity index (χ1n) is 3.49. The molecule has 0 fully saturated rings. The summed E-state index contributed by atoms with van der Waals surface area (Å²) in [7, 11) is 0. The molecule has 0 bridgehead atoms. The number of carbonyl (C=O) groups excluding carboxylic acids is 3. The van der Waals surface area contributed by atoms with E-state index in [1.165, 1.54) is 13.0 Å². The lowest BCUT2D eigenvalue weighted by molar-refractivity contribution is -0.114. The van der Waals surface area contributed by atoms with Crippen LogP contribution >= 0.6 is 11.3 Å². The number of nitrogens with one attached hydrogen (secondary N) is 1. The number of aldehydes is 2. The monoisotopic (exact) mass is 197 g/mol. The quantitative estimate of drug-likeness (QED) is 0.743. The highest BCUT2D eigenvalue weighted by molar-refractivity contribution is 7.18. The molecule has 0 saturated heterocycles. The molecule has 68 valence electrons. The lowest BCUT2D eigenvalue weighted by Crippen LogP contribution is -2.05. The van der Waals surface area contributed by atoms with Crippen molar-refractivity contribution in [2.75, 3.05) is 5.32 Å². The first-order chi connectivity index (χ1) is 6.17. The van der Waals surface area contributed by atoms with Crippen LogP contribution in [-0.2, 0) is 4.79 Å². The summed E-state index contributed by atoms with van der Waals surface area (Å²) in [5, 5.41) is 2.89. The second-order valence-corrected chi connectivity index (χ2v) is 3.43. The van der Waals surface area contributed by atoms with Gasteiger partial charge >= 0.3 is 0 Å². The van der Waals surface area contributed by atoms with Crippen molar-refractivity contribution in [3.63, 3.8) is 0 Å². The second-order valence-electron chi connectivity index (χ2n) is 2.35. The minimum Gasteiger partial charge on any atom is -0.317 e. The van der Waals surface area contributed by atoms with Crippen LogP contribution in [0.4, 0.5) is 5.00 Å². The van der Waals surface area contributed by atoms with Crippen molar-refractivity contribution in [3.05, 3.63) is 16.5 Å². The molecule has 4 nitrogen and oxygen atoms in total. The summed E-state index contributed by atoms with van der Waals surface area (Å²) in [6, 6.07) is 1.44. The number of hydrogen-bond acceptors (Lipinski definition) is 4. The Labute approximate surface area is 78.6 Å². The van der Waals surface area contributed by atoms with Gasteiger partial charge in [-0.15, -0.1) is 11.3 Å². The van der Waals surface area contributed by atoms with E-state index in [-0.39, 0.29) is 5.91 Å². The molecule has 5 heteroatoms. The van der Waals surface area contributed by atoms with Gasteiger partial charge < -0.3 is 5.32 Å². The van der Waals surface area contributed by atoms with Gasteiger partial charge in [0.1, 0.15) is 5.00 Å². The van der Waals surface area contributed by atoms with Crippen LogP contribution in [0.25, 0.3) is 0 Å². The average Bonchev–Trinajstić information content (AvgIpc) is 2.46. The number of rotatable bonds is 3. The van der Waals surface area contributed by atoms with E-state index in [2.05, 4.69) is 5.32 Å². The number of thiophene rings is 1. The van der Waals surface area contributed by atoms with Crippen LogP contribution < -0.4 is 5.32 Å². The van der Waals surface area contributed by atoms with Crippen molar-refractivity contribution in [1.29, 1.82) is 0 Å². The maximum atomic E-state index is 10.7. The zero-order chi connectivity index (χ0) is 9.84. The molecule has 0 aliphatic heterocycles. The molecular formula is C8H7NO3S. The van der Waals surface area contributed by atoms with Gasteiger partial charge in [-0.05, 0) is 6.07 Å². The van der Waals surface area contributed by atoms with Crippen LogP contribution in [0.3, 0.4) is 0 Å². The maximum Gasteiger partial charge on any atom is 0.221 e. The van der Waals surface area contributed by atoms with Crippen molar-refractivity contribution in [2.45, 2.75) is 6.92 Å². The highest BCUT2D eigenvalue weighted by atomic mass is 32.1. The third-order valence-corrected chi connectivity index (χ3v) is 2.30. The van der Waals surface area contributed by atoms with Crippen LogP contribution in [0, 0.1) is 0 Å². The van der Waals surface area contributed by atoms with Gasteiger partial charge in [-0.25, -0.2) is 0 Å². The number of anilines is 1. The third-order valence-electron chi connectivity index (χ3n) is 1.31. The van der Waals surface area contributed by atoms with Crippen LogP contribution in [0.5, 0.6) is 0 Å². The van der Waals surface area contributed by atoms with E-state index in [1.54, 1.807) is 0 Å². The van der Waals surface area contributed by atoms with E-state index in [9.17, 15) is 14.4 Å². The lowest BCUT2D eigenvalue weighted by atomic mass is 10.3. The SMILES string of the molecule is CC(=O)Nc1sc(C=O)cc1C=O. The number of hydrogen-bond donors (Lipinski definition) is 1. The second kappa shape index (κ2) is 3.95. The predicted octanol–water partition coefficient (Wildman–Crippen LogP) is 1.33. The van der Waals surface area contributed by atoms with Gasteiger partial charge in [0, 0.05) is 12.5 Å². The molecule has 1 amide bonds. The van der Waals surface area contributed by atoms with Crippen LogP contribution in [0.15, 0.2) is 6.07 Å². The molecule has 0 aliphatic carbocycles. The largest absolute Gasteiger partial charge is 0.317 e. The fraction of sp³-hybridized carbons (Fsp3) is 0.125. The summed E-state index contributed by atoms with van der Waals surface area (Å²) >= 11 is 1.08. The Balaban J connectivity index is 3.03. The molecule has 1 aromatic rings. The van der Waals surface area contributed by atoms with Crippen molar-refractivity contribution < 1.29 is 14.4 Å². The molecule has 1 heterocycles. The molecule has 13 heavy (non-hydrogen) atoms. The highest BCUT2D eigenvalue weighted by Gasteiger charge is 2.08. The summed E-state index contributed by atoms with van der Waals surface area (Å²) in [5.74, 6) is -0.262. The van der Waals surface area contributed by atoms with E-state index >= 15 is 0 Å². The van der Waals surface area contributed by atoms with E-state index in [1.807, 2.05) is 0 Å². The van der Waals surface area contributed by atoms with E-state index in [4.69, 9.17) is 0 Å². The van der Waals surface area contributed by atoms with Crippen molar-refractivity contribution >= 4 is 34.8 Å². The van der Waals surface area contributed by atoms with E-state index in [0.717, 1.165) is 11.3 Å². The van der Waals surface area contributed by atoms with Crippen molar-refractivity contribution in [1.82, 2.24) is 0 Å². The van der Waals surface area contributed by atoms with Crippen LogP contribution in [0.1, 0.15) is 27.0 Å². The molecule has 1 N–H and O–H groups in total. The molecule has 1 aromatic heterocycles.